The van der Waals surface area contributed by atoms with Gasteiger partial charge in [0, 0.05) is 5.56 Å². The number of hydrogen-bond acceptors (Lipinski definition) is 2. The third-order valence-electron chi connectivity index (χ3n) is 2.61. The highest BCUT2D eigenvalue weighted by Crippen LogP contribution is 2.12. The van der Waals surface area contributed by atoms with Gasteiger partial charge in [-0.1, -0.05) is 60.3 Å². The number of benzene rings is 2. The Balaban J connectivity index is 2.27. The van der Waals surface area contributed by atoms with Crippen molar-refractivity contribution in [3.63, 3.8) is 0 Å². The second kappa shape index (κ2) is 6.26. The van der Waals surface area contributed by atoms with Crippen molar-refractivity contribution in [3.05, 3.63) is 77.0 Å². The molecule has 0 saturated heterocycles. The number of rotatable bonds is 3. The molecule has 0 saturated carbocycles. The van der Waals surface area contributed by atoms with Gasteiger partial charge in [0.25, 0.3) is 5.04 Å². The van der Waals surface area contributed by atoms with Gasteiger partial charge in [-0.3, -0.25) is 0 Å². The van der Waals surface area contributed by atoms with Gasteiger partial charge in [-0.2, -0.15) is 4.74 Å². The van der Waals surface area contributed by atoms with E-state index < -0.39 is 0 Å². The third kappa shape index (κ3) is 3.14. The first-order chi connectivity index (χ1) is 8.81. The molecule has 0 amide bonds. The zero-order valence-corrected chi connectivity index (χ0v) is 11.1. The molecular formula is C15H15NOS. The largest absolute Gasteiger partial charge is 0.623 e. The first-order valence-electron chi connectivity index (χ1n) is 5.76. The monoisotopic (exact) mass is 257 g/mol. The zero-order chi connectivity index (χ0) is 12.8. The highest BCUT2D eigenvalue weighted by Gasteiger charge is 2.11. The molecular weight excluding hydrogens is 242 g/mol. The van der Waals surface area contributed by atoms with E-state index in [0.29, 0.717) is 6.54 Å². The second-order valence-electron chi connectivity index (χ2n) is 3.90. The van der Waals surface area contributed by atoms with Crippen LogP contribution in [0.15, 0.2) is 60.7 Å². The van der Waals surface area contributed by atoms with E-state index in [2.05, 4.69) is 0 Å². The number of hydrogen-bond donors (Lipinski definition) is 0. The smallest absolute Gasteiger partial charge is 0.253 e. The van der Waals surface area contributed by atoms with Gasteiger partial charge in [-0.05, 0) is 18.4 Å². The molecule has 18 heavy (non-hydrogen) atoms. The van der Waals surface area contributed by atoms with Crippen molar-refractivity contribution in [3.8, 4) is 0 Å². The molecule has 0 fully saturated rings. The van der Waals surface area contributed by atoms with Crippen LogP contribution in [0, 0.1) is 5.21 Å². The first-order valence-corrected chi connectivity index (χ1v) is 6.98. The molecule has 2 aromatic rings. The summed E-state index contributed by atoms with van der Waals surface area (Å²) >= 11 is 1.48. The Morgan fingerprint density at radius 2 is 1.56 bits per heavy atom. The fourth-order valence-electron chi connectivity index (χ4n) is 1.77. The van der Waals surface area contributed by atoms with Crippen LogP contribution in [0.2, 0.25) is 0 Å². The van der Waals surface area contributed by atoms with E-state index in [4.69, 9.17) is 0 Å². The van der Waals surface area contributed by atoms with Crippen molar-refractivity contribution in [2.45, 2.75) is 6.54 Å². The van der Waals surface area contributed by atoms with Crippen LogP contribution in [0.25, 0.3) is 0 Å². The van der Waals surface area contributed by atoms with Crippen molar-refractivity contribution in [2.75, 3.05) is 6.26 Å². The number of hydroxylamine groups is 1. The van der Waals surface area contributed by atoms with Gasteiger partial charge in [-0.25, -0.2) is 0 Å². The van der Waals surface area contributed by atoms with Crippen molar-refractivity contribution < 1.29 is 4.74 Å². The Morgan fingerprint density at radius 3 is 2.11 bits per heavy atom. The van der Waals surface area contributed by atoms with E-state index in [0.717, 1.165) is 20.9 Å². The third-order valence-corrected chi connectivity index (χ3v) is 3.44. The molecule has 0 unspecified atom stereocenters. The fourth-order valence-corrected chi connectivity index (χ4v) is 2.41. The molecule has 2 rings (SSSR count). The van der Waals surface area contributed by atoms with Gasteiger partial charge in [0.2, 0.25) is 0 Å². The lowest BCUT2D eigenvalue weighted by molar-refractivity contribution is -0.471. The van der Waals surface area contributed by atoms with Gasteiger partial charge in [-0.15, -0.1) is 0 Å². The Bertz CT molecular complexity index is 523. The molecule has 0 aliphatic heterocycles. The average Bonchev–Trinajstić information content (AvgIpc) is 2.42. The summed E-state index contributed by atoms with van der Waals surface area (Å²) in [5, 5.41) is 13.0. The van der Waals surface area contributed by atoms with Gasteiger partial charge in [0.15, 0.2) is 6.54 Å². The quantitative estimate of drug-likeness (QED) is 0.276. The molecule has 0 heterocycles. The SMILES string of the molecule is CS/C(c1ccccc1)=[N+](\[O-])Cc1ccccc1. The van der Waals surface area contributed by atoms with Crippen LogP contribution in [0.5, 0.6) is 0 Å². The van der Waals surface area contributed by atoms with Crippen LogP contribution in [-0.4, -0.2) is 16.0 Å². The van der Waals surface area contributed by atoms with Gasteiger partial charge >= 0.3 is 0 Å². The lowest BCUT2D eigenvalue weighted by Gasteiger charge is -2.09. The lowest BCUT2D eigenvalue weighted by Crippen LogP contribution is -2.13. The molecule has 0 radical (unpaired) electrons. The van der Waals surface area contributed by atoms with Crippen molar-refractivity contribution >= 4 is 16.8 Å². The standard InChI is InChI=1S/C15H15NOS/c1-18-15(14-10-6-3-7-11-14)16(17)12-13-8-4-2-5-9-13/h2-11H,12H2,1H3/b16-15-. The van der Waals surface area contributed by atoms with Crippen molar-refractivity contribution in [2.24, 2.45) is 0 Å². The minimum absolute atomic E-state index is 0.381. The molecule has 0 aliphatic rings. The Kier molecular flexibility index (Phi) is 4.42. The van der Waals surface area contributed by atoms with Crippen LogP contribution in [0.1, 0.15) is 11.1 Å². The Morgan fingerprint density at radius 1 is 1.00 bits per heavy atom. The molecule has 92 valence electrons. The summed E-state index contributed by atoms with van der Waals surface area (Å²) in [4.78, 5) is 0. The van der Waals surface area contributed by atoms with Gasteiger partial charge in [0.05, 0.1) is 5.56 Å². The van der Waals surface area contributed by atoms with E-state index in [1.165, 1.54) is 11.8 Å². The maximum Gasteiger partial charge on any atom is 0.253 e. The van der Waals surface area contributed by atoms with Crippen LogP contribution < -0.4 is 0 Å². The molecule has 0 aromatic heterocycles. The van der Waals surface area contributed by atoms with Crippen LogP contribution in [0.4, 0.5) is 0 Å². The summed E-state index contributed by atoms with van der Waals surface area (Å²) in [5.74, 6) is 0. The van der Waals surface area contributed by atoms with Crippen LogP contribution in [0.3, 0.4) is 0 Å². The molecule has 0 aliphatic carbocycles. The minimum Gasteiger partial charge on any atom is -0.623 e. The van der Waals surface area contributed by atoms with E-state index >= 15 is 0 Å². The van der Waals surface area contributed by atoms with Crippen molar-refractivity contribution in [1.29, 1.82) is 0 Å². The van der Waals surface area contributed by atoms with E-state index in [1.54, 1.807) is 0 Å². The first kappa shape index (κ1) is 12.7. The summed E-state index contributed by atoms with van der Waals surface area (Å²) < 4.78 is 1.05. The normalized spacial score (nSPS) is 12.1. The zero-order valence-electron chi connectivity index (χ0n) is 10.2. The Hall–Kier alpha value is -1.74. The average molecular weight is 257 g/mol. The highest BCUT2D eigenvalue weighted by molar-refractivity contribution is 8.13. The summed E-state index contributed by atoms with van der Waals surface area (Å²) in [6.07, 6.45) is 1.93. The molecule has 0 spiro atoms. The predicted octanol–water partition coefficient (Wildman–Crippen LogP) is 3.51. The van der Waals surface area contributed by atoms with Crippen LogP contribution >= 0.6 is 11.8 Å². The van der Waals surface area contributed by atoms with Crippen molar-refractivity contribution in [1.82, 2.24) is 0 Å². The topological polar surface area (TPSA) is 26.1 Å². The summed E-state index contributed by atoms with van der Waals surface area (Å²) in [5.41, 5.74) is 1.99. The van der Waals surface area contributed by atoms with Gasteiger partial charge in [0.1, 0.15) is 0 Å². The molecule has 0 bridgehead atoms. The molecule has 0 N–H and O–H groups in total. The Labute approximate surface area is 112 Å². The summed E-state index contributed by atoms with van der Waals surface area (Å²) in [6.45, 7) is 0.381. The summed E-state index contributed by atoms with van der Waals surface area (Å²) in [6, 6.07) is 19.5. The van der Waals surface area contributed by atoms with Gasteiger partial charge < -0.3 is 5.21 Å². The fraction of sp³-hybridized carbons (Fsp3) is 0.133. The van der Waals surface area contributed by atoms with E-state index in [-0.39, 0.29) is 0 Å². The molecule has 0 atom stereocenters. The minimum atomic E-state index is 0.381. The number of thioether (sulfide) groups is 1. The molecule has 2 aromatic carbocycles. The predicted molar refractivity (Wildman–Crippen MR) is 77.8 cm³/mol. The van der Waals surface area contributed by atoms with E-state index in [1.807, 2.05) is 66.9 Å². The summed E-state index contributed by atoms with van der Waals surface area (Å²) in [7, 11) is 0. The second-order valence-corrected chi connectivity index (χ2v) is 4.69. The van der Waals surface area contributed by atoms with Crippen LogP contribution in [-0.2, 0) is 6.54 Å². The highest BCUT2D eigenvalue weighted by atomic mass is 32.2. The van der Waals surface area contributed by atoms with E-state index in [9.17, 15) is 5.21 Å². The molecule has 2 nitrogen and oxygen atoms in total. The maximum absolute atomic E-state index is 12.2. The number of nitrogens with zero attached hydrogens (tertiary/aromatic N) is 1. The molecule has 3 heteroatoms. The maximum atomic E-state index is 12.2. The lowest BCUT2D eigenvalue weighted by atomic mass is 10.2.